The predicted octanol–water partition coefficient (Wildman–Crippen LogP) is 1.41. The number of aryl methyl sites for hydroxylation is 1. The molecule has 1 saturated heterocycles. The first kappa shape index (κ1) is 13.7. The number of hydrogen-bond donors (Lipinski definition) is 1. The first-order chi connectivity index (χ1) is 10.6. The van der Waals surface area contributed by atoms with Crippen LogP contribution in [0.15, 0.2) is 18.3 Å². The lowest BCUT2D eigenvalue weighted by atomic mass is 9.94. The lowest BCUT2D eigenvalue weighted by Gasteiger charge is -2.38. The van der Waals surface area contributed by atoms with Crippen molar-refractivity contribution in [3.8, 4) is 0 Å². The van der Waals surface area contributed by atoms with Gasteiger partial charge in [0, 0.05) is 18.8 Å². The second-order valence-electron chi connectivity index (χ2n) is 6.44. The van der Waals surface area contributed by atoms with Gasteiger partial charge in [-0.2, -0.15) is 14.8 Å². The van der Waals surface area contributed by atoms with Crippen molar-refractivity contribution in [1.82, 2.24) is 19.7 Å². The molecule has 1 N–H and O–H groups in total. The van der Waals surface area contributed by atoms with Gasteiger partial charge in [0.1, 0.15) is 5.52 Å². The van der Waals surface area contributed by atoms with Gasteiger partial charge < -0.3 is 10.0 Å². The third kappa shape index (κ3) is 2.18. The second-order valence-corrected chi connectivity index (χ2v) is 6.44. The highest BCUT2D eigenvalue weighted by atomic mass is 16.3. The van der Waals surface area contributed by atoms with E-state index in [1.807, 2.05) is 24.0 Å². The summed E-state index contributed by atoms with van der Waals surface area (Å²) in [6.07, 6.45) is 5.07. The van der Waals surface area contributed by atoms with Gasteiger partial charge in [-0.25, -0.2) is 0 Å². The van der Waals surface area contributed by atoms with E-state index in [1.54, 1.807) is 6.20 Å². The van der Waals surface area contributed by atoms with Gasteiger partial charge in [0.05, 0.1) is 17.4 Å². The van der Waals surface area contributed by atoms with Gasteiger partial charge in [-0.15, -0.1) is 0 Å². The molecule has 2 aliphatic rings. The highest BCUT2D eigenvalue weighted by molar-refractivity contribution is 6.02. The van der Waals surface area contributed by atoms with Crippen LogP contribution in [-0.4, -0.2) is 49.4 Å². The highest BCUT2D eigenvalue weighted by Crippen LogP contribution is 2.40. The van der Waals surface area contributed by atoms with Crippen molar-refractivity contribution in [3.05, 3.63) is 29.6 Å². The number of aromatic nitrogens is 3. The van der Waals surface area contributed by atoms with Crippen molar-refractivity contribution in [3.63, 3.8) is 0 Å². The third-order valence-electron chi connectivity index (χ3n) is 4.85. The van der Waals surface area contributed by atoms with Gasteiger partial charge in [0.2, 0.25) is 0 Å². The smallest absolute Gasteiger partial charge is 0.258 e. The van der Waals surface area contributed by atoms with E-state index in [4.69, 9.17) is 0 Å². The minimum Gasteiger partial charge on any atom is -0.393 e. The molecule has 6 nitrogen and oxygen atoms in total. The van der Waals surface area contributed by atoms with Crippen LogP contribution in [-0.2, 0) is 0 Å². The number of carbonyl (C=O) groups excluding carboxylic acids is 1. The summed E-state index contributed by atoms with van der Waals surface area (Å²) in [5.41, 5.74) is 2.12. The van der Waals surface area contributed by atoms with E-state index in [9.17, 15) is 9.90 Å². The van der Waals surface area contributed by atoms with Crippen LogP contribution in [0, 0.1) is 12.8 Å². The number of hydrogen-bond acceptors (Lipinski definition) is 4. The van der Waals surface area contributed by atoms with E-state index >= 15 is 0 Å². The van der Waals surface area contributed by atoms with Gasteiger partial charge >= 0.3 is 0 Å². The zero-order chi connectivity index (χ0) is 15.3. The zero-order valence-corrected chi connectivity index (χ0v) is 12.6. The molecule has 2 fully saturated rings. The van der Waals surface area contributed by atoms with Crippen molar-refractivity contribution >= 4 is 11.4 Å². The van der Waals surface area contributed by atoms with Crippen molar-refractivity contribution in [2.45, 2.75) is 44.8 Å². The molecule has 1 saturated carbocycles. The average molecular weight is 300 g/mol. The van der Waals surface area contributed by atoms with E-state index in [-0.39, 0.29) is 18.1 Å². The quantitative estimate of drug-likeness (QED) is 0.910. The van der Waals surface area contributed by atoms with Gasteiger partial charge in [0.25, 0.3) is 5.91 Å². The Labute approximate surface area is 128 Å². The summed E-state index contributed by atoms with van der Waals surface area (Å²) >= 11 is 0. The van der Waals surface area contributed by atoms with Crippen LogP contribution >= 0.6 is 0 Å². The van der Waals surface area contributed by atoms with Crippen LogP contribution in [0.25, 0.3) is 5.52 Å². The maximum Gasteiger partial charge on any atom is 0.258 e. The normalized spacial score (nSPS) is 25.6. The lowest BCUT2D eigenvalue weighted by molar-refractivity contribution is 0.0270. The molecule has 2 aromatic heterocycles. The number of amides is 1. The number of nitrogens with zero attached hydrogens (tertiary/aromatic N) is 4. The number of fused-ring (bicyclic) bond motifs is 1. The number of aliphatic hydroxyl groups excluding tert-OH is 1. The first-order valence-corrected chi connectivity index (χ1v) is 7.95. The van der Waals surface area contributed by atoms with Gasteiger partial charge in [-0.05, 0) is 50.7 Å². The summed E-state index contributed by atoms with van der Waals surface area (Å²) in [5, 5.41) is 18.5. The molecule has 0 aromatic carbocycles. The number of aliphatic hydroxyl groups is 1. The Morgan fingerprint density at radius 2 is 2.18 bits per heavy atom. The zero-order valence-electron chi connectivity index (χ0n) is 12.6. The highest BCUT2D eigenvalue weighted by Gasteiger charge is 2.41. The summed E-state index contributed by atoms with van der Waals surface area (Å²) < 4.78 is 1.52. The molecule has 0 bridgehead atoms. The van der Waals surface area contributed by atoms with Gasteiger partial charge in [-0.1, -0.05) is 0 Å². The Hall–Kier alpha value is -1.95. The molecular weight excluding hydrogens is 280 g/mol. The molecule has 0 unspecified atom stereocenters. The molecule has 22 heavy (non-hydrogen) atoms. The Kier molecular flexibility index (Phi) is 3.14. The Bertz CT molecular complexity index is 722. The van der Waals surface area contributed by atoms with Crippen LogP contribution in [0.1, 0.15) is 41.7 Å². The summed E-state index contributed by atoms with van der Waals surface area (Å²) in [4.78, 5) is 15.1. The molecule has 6 heteroatoms. The second kappa shape index (κ2) is 5.05. The summed E-state index contributed by atoms with van der Waals surface area (Å²) in [5.74, 6) is 0.587. The van der Waals surface area contributed by atoms with Crippen LogP contribution in [0.2, 0.25) is 0 Å². The SMILES string of the molecule is Cc1nn2ncccc2c1C(=O)N1CC[C@H](O)C[C@@H]1C1CC1. The number of likely N-dealkylation sites (tertiary alicyclic amines) is 1. The minimum absolute atomic E-state index is 0.0318. The molecule has 3 heterocycles. The number of rotatable bonds is 2. The maximum absolute atomic E-state index is 13.1. The molecule has 1 amide bonds. The maximum atomic E-state index is 13.1. The fourth-order valence-electron chi connectivity index (χ4n) is 3.57. The monoisotopic (exact) mass is 300 g/mol. The third-order valence-corrected chi connectivity index (χ3v) is 4.85. The molecule has 1 aliphatic carbocycles. The standard InChI is InChI=1S/C16H20N4O2/c1-10-15(13-3-2-7-17-20(13)18-10)16(22)19-8-6-12(21)9-14(19)11-4-5-11/h2-3,7,11-12,14,21H,4-6,8-9H2,1H3/t12-,14+/m0/s1. The van der Waals surface area contributed by atoms with Crippen molar-refractivity contribution in [1.29, 1.82) is 0 Å². The molecular formula is C16H20N4O2. The molecule has 2 atom stereocenters. The van der Waals surface area contributed by atoms with Crippen LogP contribution in [0.5, 0.6) is 0 Å². The van der Waals surface area contributed by atoms with E-state index < -0.39 is 0 Å². The summed E-state index contributed by atoms with van der Waals surface area (Å²) in [6.45, 7) is 2.48. The molecule has 0 spiro atoms. The largest absolute Gasteiger partial charge is 0.393 e. The van der Waals surface area contributed by atoms with Gasteiger partial charge in [-0.3, -0.25) is 4.79 Å². The summed E-state index contributed by atoms with van der Waals surface area (Å²) in [7, 11) is 0. The van der Waals surface area contributed by atoms with E-state index in [2.05, 4.69) is 10.2 Å². The number of piperidine rings is 1. The fraction of sp³-hybridized carbons (Fsp3) is 0.562. The number of carbonyl (C=O) groups is 1. The molecule has 2 aromatic rings. The van der Waals surface area contributed by atoms with Crippen molar-refractivity contribution in [2.75, 3.05) is 6.54 Å². The molecule has 0 radical (unpaired) electrons. The molecule has 116 valence electrons. The molecule has 1 aliphatic heterocycles. The Morgan fingerprint density at radius 3 is 2.95 bits per heavy atom. The van der Waals surface area contributed by atoms with E-state index in [1.165, 1.54) is 4.63 Å². The van der Waals surface area contributed by atoms with Crippen molar-refractivity contribution in [2.24, 2.45) is 5.92 Å². The Morgan fingerprint density at radius 1 is 1.36 bits per heavy atom. The van der Waals surface area contributed by atoms with Gasteiger partial charge in [0.15, 0.2) is 0 Å². The molecule has 4 rings (SSSR count). The van der Waals surface area contributed by atoms with E-state index in [0.29, 0.717) is 36.6 Å². The minimum atomic E-state index is -0.277. The van der Waals surface area contributed by atoms with Crippen molar-refractivity contribution < 1.29 is 9.90 Å². The topological polar surface area (TPSA) is 70.7 Å². The predicted molar refractivity (Wildman–Crippen MR) is 80.5 cm³/mol. The van der Waals surface area contributed by atoms with E-state index in [0.717, 1.165) is 18.4 Å². The Balaban J connectivity index is 1.71. The average Bonchev–Trinajstić information content (AvgIpc) is 3.29. The van der Waals surface area contributed by atoms with Crippen LogP contribution in [0.3, 0.4) is 0 Å². The first-order valence-electron chi connectivity index (χ1n) is 7.95. The fourth-order valence-corrected chi connectivity index (χ4v) is 3.57. The summed E-state index contributed by atoms with van der Waals surface area (Å²) in [6, 6.07) is 3.87. The van der Waals surface area contributed by atoms with Crippen LogP contribution < -0.4 is 0 Å². The van der Waals surface area contributed by atoms with Crippen LogP contribution in [0.4, 0.5) is 0 Å². The lowest BCUT2D eigenvalue weighted by Crippen LogP contribution is -2.48.